The third-order valence-corrected chi connectivity index (χ3v) is 4.40. The standard InChI is InChI=1S/C22H24N2O4/c1-22(2,3)20-16(21(26)24(23-20)15-9-7-6-8-10-15)11-14-12-17(27-4)19(25)18(13-14)28-5/h6-13,25H,1-5H3/b16-11-. The van der Waals surface area contributed by atoms with Gasteiger partial charge < -0.3 is 14.6 Å². The monoisotopic (exact) mass is 380 g/mol. The number of carbonyl (C=O) groups excluding carboxylic acids is 1. The van der Waals surface area contributed by atoms with Crippen LogP contribution in [0.1, 0.15) is 26.3 Å². The maximum Gasteiger partial charge on any atom is 0.280 e. The van der Waals surface area contributed by atoms with Crippen LogP contribution in [0.3, 0.4) is 0 Å². The van der Waals surface area contributed by atoms with E-state index in [1.165, 1.54) is 19.2 Å². The molecule has 2 aromatic rings. The molecule has 0 bridgehead atoms. The number of methoxy groups -OCH3 is 2. The first-order valence-electron chi connectivity index (χ1n) is 8.92. The molecule has 0 radical (unpaired) electrons. The van der Waals surface area contributed by atoms with Gasteiger partial charge in [0.2, 0.25) is 5.75 Å². The van der Waals surface area contributed by atoms with Crippen molar-refractivity contribution >= 4 is 23.4 Å². The van der Waals surface area contributed by atoms with Crippen molar-refractivity contribution in [1.29, 1.82) is 0 Å². The summed E-state index contributed by atoms with van der Waals surface area (Å²) in [6, 6.07) is 12.6. The van der Waals surface area contributed by atoms with Crippen molar-refractivity contribution in [1.82, 2.24) is 0 Å². The number of ether oxygens (including phenoxy) is 2. The van der Waals surface area contributed by atoms with Gasteiger partial charge in [0.05, 0.1) is 31.2 Å². The van der Waals surface area contributed by atoms with Crippen LogP contribution in [-0.2, 0) is 4.79 Å². The minimum absolute atomic E-state index is 0.0828. The average molecular weight is 380 g/mol. The van der Waals surface area contributed by atoms with Gasteiger partial charge in [-0.2, -0.15) is 10.1 Å². The lowest BCUT2D eigenvalue weighted by molar-refractivity contribution is -0.114. The summed E-state index contributed by atoms with van der Waals surface area (Å²) in [5.74, 6) is 0.249. The molecule has 3 rings (SSSR count). The summed E-state index contributed by atoms with van der Waals surface area (Å²) in [5.41, 5.74) is 2.22. The number of hydrogen-bond acceptors (Lipinski definition) is 5. The van der Waals surface area contributed by atoms with E-state index in [0.29, 0.717) is 22.5 Å². The summed E-state index contributed by atoms with van der Waals surface area (Å²) in [4.78, 5) is 13.2. The summed E-state index contributed by atoms with van der Waals surface area (Å²) >= 11 is 0. The van der Waals surface area contributed by atoms with Crippen LogP contribution in [-0.4, -0.2) is 30.9 Å². The third kappa shape index (κ3) is 3.58. The van der Waals surface area contributed by atoms with Crippen molar-refractivity contribution in [2.75, 3.05) is 19.2 Å². The highest BCUT2D eigenvalue weighted by Crippen LogP contribution is 2.39. The highest BCUT2D eigenvalue weighted by Gasteiger charge is 2.37. The zero-order valence-corrected chi connectivity index (χ0v) is 16.7. The van der Waals surface area contributed by atoms with Gasteiger partial charge in [-0.1, -0.05) is 39.0 Å². The van der Waals surface area contributed by atoms with Crippen LogP contribution in [0.2, 0.25) is 0 Å². The highest BCUT2D eigenvalue weighted by molar-refractivity contribution is 6.34. The van der Waals surface area contributed by atoms with Crippen molar-refractivity contribution in [2.24, 2.45) is 10.5 Å². The molecule has 0 saturated heterocycles. The molecule has 0 aromatic heterocycles. The molecule has 6 nitrogen and oxygen atoms in total. The van der Waals surface area contributed by atoms with Gasteiger partial charge in [0, 0.05) is 5.41 Å². The lowest BCUT2D eigenvalue weighted by Gasteiger charge is -2.18. The number of hydrazone groups is 1. The Labute approximate surface area is 164 Å². The van der Waals surface area contributed by atoms with Gasteiger partial charge in [-0.25, -0.2) is 0 Å². The highest BCUT2D eigenvalue weighted by atomic mass is 16.5. The first-order chi connectivity index (χ1) is 13.3. The number of aromatic hydroxyl groups is 1. The van der Waals surface area contributed by atoms with Crippen LogP contribution >= 0.6 is 0 Å². The third-order valence-electron chi connectivity index (χ3n) is 4.40. The Hall–Kier alpha value is -3.28. The van der Waals surface area contributed by atoms with Gasteiger partial charge in [0.15, 0.2) is 11.5 Å². The lowest BCUT2D eigenvalue weighted by atomic mass is 9.85. The van der Waals surface area contributed by atoms with Gasteiger partial charge in [-0.15, -0.1) is 0 Å². The average Bonchev–Trinajstić information content (AvgIpc) is 3.00. The summed E-state index contributed by atoms with van der Waals surface area (Å²) < 4.78 is 10.4. The lowest BCUT2D eigenvalue weighted by Crippen LogP contribution is -2.24. The molecular formula is C22H24N2O4. The van der Waals surface area contributed by atoms with Crippen LogP contribution < -0.4 is 14.5 Å². The normalized spacial score (nSPS) is 15.8. The molecule has 0 unspecified atom stereocenters. The molecule has 1 aliphatic rings. The molecule has 28 heavy (non-hydrogen) atoms. The van der Waals surface area contributed by atoms with E-state index in [0.717, 1.165) is 0 Å². The van der Waals surface area contributed by atoms with Crippen molar-refractivity contribution in [2.45, 2.75) is 20.8 Å². The molecule has 146 valence electrons. The second kappa shape index (κ2) is 7.38. The zero-order chi connectivity index (χ0) is 20.5. The first kappa shape index (κ1) is 19.5. The number of carbonyl (C=O) groups is 1. The number of anilines is 1. The van der Waals surface area contributed by atoms with Crippen LogP contribution in [0.15, 0.2) is 53.1 Å². The van der Waals surface area contributed by atoms with Crippen LogP contribution in [0, 0.1) is 5.41 Å². The van der Waals surface area contributed by atoms with E-state index in [1.807, 2.05) is 51.1 Å². The largest absolute Gasteiger partial charge is 0.502 e. The van der Waals surface area contributed by atoms with E-state index >= 15 is 0 Å². The van der Waals surface area contributed by atoms with Gasteiger partial charge >= 0.3 is 0 Å². The molecule has 1 amide bonds. The summed E-state index contributed by atoms with van der Waals surface area (Å²) in [6.45, 7) is 6.04. The van der Waals surface area contributed by atoms with E-state index in [4.69, 9.17) is 9.47 Å². The molecule has 1 aliphatic heterocycles. The van der Waals surface area contributed by atoms with Crippen molar-refractivity contribution in [3.8, 4) is 17.2 Å². The number of benzene rings is 2. The minimum Gasteiger partial charge on any atom is -0.502 e. The quantitative estimate of drug-likeness (QED) is 0.806. The summed E-state index contributed by atoms with van der Waals surface area (Å²) in [5, 5.41) is 16.2. The number of phenolic OH excluding ortho intramolecular Hbond substituents is 1. The Bertz CT molecular complexity index is 931. The number of para-hydroxylation sites is 1. The second-order valence-corrected chi connectivity index (χ2v) is 7.48. The SMILES string of the molecule is COc1cc(/C=C2\C(=O)N(c3ccccc3)N=C2C(C)(C)C)cc(OC)c1O. The summed E-state index contributed by atoms with van der Waals surface area (Å²) in [7, 11) is 2.93. The number of nitrogens with zero attached hydrogens (tertiary/aromatic N) is 2. The molecular weight excluding hydrogens is 356 g/mol. The fourth-order valence-corrected chi connectivity index (χ4v) is 3.01. The van der Waals surface area contributed by atoms with Crippen LogP contribution in [0.25, 0.3) is 6.08 Å². The Balaban J connectivity index is 2.12. The molecule has 2 aromatic carbocycles. The zero-order valence-electron chi connectivity index (χ0n) is 16.7. The first-order valence-corrected chi connectivity index (χ1v) is 8.92. The molecule has 0 atom stereocenters. The number of amides is 1. The van der Waals surface area contributed by atoms with Gasteiger partial charge in [0.1, 0.15) is 0 Å². The van der Waals surface area contributed by atoms with Crippen molar-refractivity contribution < 1.29 is 19.4 Å². The smallest absolute Gasteiger partial charge is 0.280 e. The fraction of sp³-hybridized carbons (Fsp3) is 0.273. The van der Waals surface area contributed by atoms with E-state index < -0.39 is 0 Å². The molecule has 1 N–H and O–H groups in total. The Morgan fingerprint density at radius 3 is 2.11 bits per heavy atom. The molecule has 0 saturated carbocycles. The van der Waals surface area contributed by atoms with Gasteiger partial charge in [-0.3, -0.25) is 4.79 Å². The number of hydrogen-bond donors (Lipinski definition) is 1. The Morgan fingerprint density at radius 2 is 1.61 bits per heavy atom. The van der Waals surface area contributed by atoms with Crippen LogP contribution in [0.5, 0.6) is 17.2 Å². The van der Waals surface area contributed by atoms with E-state index in [2.05, 4.69) is 5.10 Å². The van der Waals surface area contributed by atoms with Crippen molar-refractivity contribution in [3.63, 3.8) is 0 Å². The van der Waals surface area contributed by atoms with Crippen LogP contribution in [0.4, 0.5) is 5.69 Å². The fourth-order valence-electron chi connectivity index (χ4n) is 3.01. The minimum atomic E-state index is -0.337. The Kier molecular flexibility index (Phi) is 5.14. The number of rotatable bonds is 4. The molecule has 6 heteroatoms. The predicted octanol–water partition coefficient (Wildman–Crippen LogP) is 4.24. The van der Waals surface area contributed by atoms with Gasteiger partial charge in [-0.05, 0) is 35.9 Å². The molecule has 0 aliphatic carbocycles. The van der Waals surface area contributed by atoms with Gasteiger partial charge in [0.25, 0.3) is 5.91 Å². The second-order valence-electron chi connectivity index (χ2n) is 7.48. The topological polar surface area (TPSA) is 71.4 Å². The molecule has 1 heterocycles. The van der Waals surface area contributed by atoms with Crippen molar-refractivity contribution in [3.05, 3.63) is 53.6 Å². The number of phenols is 1. The van der Waals surface area contributed by atoms with E-state index in [9.17, 15) is 9.90 Å². The predicted molar refractivity (Wildman–Crippen MR) is 110 cm³/mol. The molecule has 0 fully saturated rings. The van der Waals surface area contributed by atoms with E-state index in [-0.39, 0.29) is 28.6 Å². The van der Waals surface area contributed by atoms with E-state index in [1.54, 1.807) is 18.2 Å². The maximum absolute atomic E-state index is 13.2. The maximum atomic E-state index is 13.2. The molecule has 0 spiro atoms. The summed E-state index contributed by atoms with van der Waals surface area (Å²) in [6.07, 6.45) is 1.75. The Morgan fingerprint density at radius 1 is 1.04 bits per heavy atom.